The predicted octanol–water partition coefficient (Wildman–Crippen LogP) is 8.60. The molecule has 0 radical (unpaired) electrons. The topological polar surface area (TPSA) is 166 Å². The van der Waals surface area contributed by atoms with Crippen LogP contribution in [0.1, 0.15) is 0 Å². The van der Waals surface area contributed by atoms with Crippen molar-refractivity contribution in [1.82, 2.24) is 39.0 Å². The number of ether oxygens (including phenoxy) is 2. The highest BCUT2D eigenvalue weighted by molar-refractivity contribution is 7.98. The lowest BCUT2D eigenvalue weighted by Crippen LogP contribution is -2.08. The number of aromatic nitrogens is 8. The Morgan fingerprint density at radius 1 is 0.603 bits per heavy atom. The van der Waals surface area contributed by atoms with Gasteiger partial charge in [0.25, 0.3) is 0 Å². The maximum atomic E-state index is 12.0. The summed E-state index contributed by atoms with van der Waals surface area (Å²) in [5, 5.41) is 2.43. The lowest BCUT2D eigenvalue weighted by molar-refractivity contribution is 0.415. The Balaban J connectivity index is 0.000000151. The molecule has 0 saturated heterocycles. The van der Waals surface area contributed by atoms with E-state index >= 15 is 0 Å². The van der Waals surface area contributed by atoms with Crippen molar-refractivity contribution >= 4 is 65.6 Å². The van der Waals surface area contributed by atoms with E-state index in [9.17, 15) is 8.42 Å². The zero-order valence-electron chi connectivity index (χ0n) is 31.4. The number of imidazole rings is 2. The summed E-state index contributed by atoms with van der Waals surface area (Å²) in [7, 11) is -0.322. The van der Waals surface area contributed by atoms with Gasteiger partial charge in [0.2, 0.25) is 15.0 Å². The minimum Gasteiger partial charge on any atom is -0.497 e. The fraction of sp³-hybridized carbons (Fsp3) is 0.0952. The molecule has 0 unspecified atom stereocenters. The molecule has 0 spiro atoms. The van der Waals surface area contributed by atoms with Gasteiger partial charge in [-0.3, -0.25) is 9.13 Å². The van der Waals surface area contributed by atoms with E-state index < -0.39 is 9.84 Å². The lowest BCUT2D eigenvalue weighted by Gasteiger charge is -2.09. The largest absolute Gasteiger partial charge is 0.497 e. The Labute approximate surface area is 335 Å². The number of furan rings is 2. The molecule has 4 aromatic carbocycles. The van der Waals surface area contributed by atoms with Gasteiger partial charge in [-0.05, 0) is 91.2 Å². The van der Waals surface area contributed by atoms with Gasteiger partial charge in [-0.25, -0.2) is 38.3 Å². The van der Waals surface area contributed by atoms with Gasteiger partial charge in [0, 0.05) is 52.7 Å². The van der Waals surface area contributed by atoms with Gasteiger partial charge >= 0.3 is 0 Å². The molecule has 0 aliphatic rings. The number of nitrogens with zero attached hydrogens (tertiary/aromatic N) is 8. The monoisotopic (exact) mass is 808 g/mol. The van der Waals surface area contributed by atoms with Gasteiger partial charge in [-0.2, -0.15) is 0 Å². The van der Waals surface area contributed by atoms with Crippen LogP contribution in [0, 0.1) is 0 Å². The van der Waals surface area contributed by atoms with E-state index in [1.165, 1.54) is 18.0 Å². The Morgan fingerprint density at radius 3 is 1.62 bits per heavy atom. The molecule has 16 heteroatoms. The third kappa shape index (κ3) is 6.77. The summed E-state index contributed by atoms with van der Waals surface area (Å²) in [5.41, 5.74) is 6.67. The molecule has 58 heavy (non-hydrogen) atoms. The molecule has 0 saturated carbocycles. The summed E-state index contributed by atoms with van der Waals surface area (Å²) in [6.07, 6.45) is 9.56. The molecule has 288 valence electrons. The first-order chi connectivity index (χ1) is 28.2. The highest BCUT2D eigenvalue weighted by Crippen LogP contribution is 2.34. The van der Waals surface area contributed by atoms with Crippen molar-refractivity contribution in [3.05, 3.63) is 122 Å². The molecule has 6 aromatic heterocycles. The SMILES string of the molecule is COc1ccc2c(c1)nc(-c1ccc3occc3c1)n2-c1ccnc(S(C)(=O)=O)n1.COc1ccc2c(c1)nc(-c1ccc3occc3c1)n2-c1ccnc(SC)n1. The van der Waals surface area contributed by atoms with Crippen molar-refractivity contribution in [1.29, 1.82) is 0 Å². The third-order valence-corrected chi connectivity index (χ3v) is 10.8. The van der Waals surface area contributed by atoms with Crippen LogP contribution in [0.25, 0.3) is 78.4 Å². The standard InChI is InChI=1S/C21H16N4O4S.C21H16N4O2S/c1-28-15-4-5-17-16(12-15)23-20(14-3-6-18-13(11-14)8-10-29-18)25(17)19-7-9-22-21(24-19)30(2,26)27;1-26-15-4-5-17-16(12-15)23-20(14-3-6-18-13(11-14)8-10-27-18)25(17)19-7-9-22-21(24-19)28-2/h3-12H,1-2H3;3-12H,1-2H3. The van der Waals surface area contributed by atoms with E-state index in [1.807, 2.05) is 95.8 Å². The molecule has 0 fully saturated rings. The summed E-state index contributed by atoms with van der Waals surface area (Å²) in [6, 6.07) is 30.5. The van der Waals surface area contributed by atoms with Crippen molar-refractivity contribution in [2.75, 3.05) is 26.7 Å². The Bertz CT molecular complexity index is 3260. The first-order valence-corrected chi connectivity index (χ1v) is 20.8. The van der Waals surface area contributed by atoms with Gasteiger partial charge in [0.1, 0.15) is 45.9 Å². The fourth-order valence-corrected chi connectivity index (χ4v) is 7.49. The summed E-state index contributed by atoms with van der Waals surface area (Å²) in [6.45, 7) is 0. The molecule has 0 amide bonds. The number of hydrogen-bond acceptors (Lipinski definition) is 13. The Hall–Kier alpha value is -7.04. The van der Waals surface area contributed by atoms with Crippen LogP contribution in [0.15, 0.2) is 141 Å². The van der Waals surface area contributed by atoms with Crippen molar-refractivity contribution in [2.45, 2.75) is 10.3 Å². The smallest absolute Gasteiger partial charge is 0.248 e. The van der Waals surface area contributed by atoms with Gasteiger partial charge in [-0.15, -0.1) is 0 Å². The third-order valence-electron chi connectivity index (χ3n) is 9.35. The van der Waals surface area contributed by atoms with Crippen molar-refractivity contribution < 1.29 is 26.7 Å². The molecule has 10 aromatic rings. The van der Waals surface area contributed by atoms with E-state index in [1.54, 1.807) is 39.0 Å². The Kier molecular flexibility index (Phi) is 9.34. The first kappa shape index (κ1) is 36.6. The van der Waals surface area contributed by atoms with Crippen LogP contribution < -0.4 is 9.47 Å². The van der Waals surface area contributed by atoms with Crippen LogP contribution in [0.5, 0.6) is 11.5 Å². The number of benzene rings is 4. The second kappa shape index (κ2) is 14.8. The molecular formula is C42H32N8O6S2. The van der Waals surface area contributed by atoms with Crippen LogP contribution >= 0.6 is 11.8 Å². The summed E-state index contributed by atoms with van der Waals surface area (Å²) in [5.74, 6) is 4.02. The average Bonchev–Trinajstić information content (AvgIpc) is 4.07. The van der Waals surface area contributed by atoms with E-state index in [-0.39, 0.29) is 5.16 Å². The van der Waals surface area contributed by atoms with Crippen molar-refractivity contribution in [2.24, 2.45) is 0 Å². The van der Waals surface area contributed by atoms with Crippen LogP contribution in [0.2, 0.25) is 0 Å². The molecule has 14 nitrogen and oxygen atoms in total. The molecule has 0 N–H and O–H groups in total. The van der Waals surface area contributed by atoms with Crippen LogP contribution in [0.3, 0.4) is 0 Å². The van der Waals surface area contributed by atoms with Crippen molar-refractivity contribution in [3.8, 4) is 45.9 Å². The second-order valence-corrected chi connectivity index (χ2v) is 15.7. The molecule has 6 heterocycles. The molecule has 10 rings (SSSR count). The van der Waals surface area contributed by atoms with Crippen LogP contribution in [-0.2, 0) is 9.84 Å². The summed E-state index contributed by atoms with van der Waals surface area (Å²) in [4.78, 5) is 26.9. The van der Waals surface area contributed by atoms with Crippen LogP contribution in [-0.4, -0.2) is 74.2 Å². The number of methoxy groups -OCH3 is 2. The average molecular weight is 809 g/mol. The maximum absolute atomic E-state index is 12.0. The minimum absolute atomic E-state index is 0.244. The number of sulfone groups is 1. The summed E-state index contributed by atoms with van der Waals surface area (Å²) >= 11 is 1.51. The molecule has 0 aliphatic carbocycles. The van der Waals surface area contributed by atoms with Crippen LogP contribution in [0.4, 0.5) is 0 Å². The first-order valence-electron chi connectivity index (χ1n) is 17.7. The lowest BCUT2D eigenvalue weighted by atomic mass is 10.1. The van der Waals surface area contributed by atoms with E-state index in [2.05, 4.69) is 30.6 Å². The van der Waals surface area contributed by atoms with Crippen molar-refractivity contribution in [3.63, 3.8) is 0 Å². The number of rotatable bonds is 8. The zero-order chi connectivity index (χ0) is 40.0. The molecule has 0 bridgehead atoms. The van der Waals surface area contributed by atoms with Gasteiger partial charge < -0.3 is 18.3 Å². The zero-order valence-corrected chi connectivity index (χ0v) is 33.0. The maximum Gasteiger partial charge on any atom is 0.248 e. The second-order valence-electron chi connectivity index (χ2n) is 13.0. The van der Waals surface area contributed by atoms with Gasteiger partial charge in [0.15, 0.2) is 5.16 Å². The molecule has 0 atom stereocenters. The Morgan fingerprint density at radius 2 is 1.12 bits per heavy atom. The van der Waals surface area contributed by atoms with Gasteiger partial charge in [0.05, 0.1) is 48.8 Å². The fourth-order valence-electron chi connectivity index (χ4n) is 6.63. The normalized spacial score (nSPS) is 11.7. The predicted molar refractivity (Wildman–Crippen MR) is 222 cm³/mol. The highest BCUT2D eigenvalue weighted by atomic mass is 32.2. The van der Waals surface area contributed by atoms with E-state index in [0.29, 0.717) is 28.1 Å². The quantitative estimate of drug-likeness (QED) is 0.106. The minimum atomic E-state index is -3.57. The number of thioether (sulfide) groups is 1. The molecular weight excluding hydrogens is 777 g/mol. The van der Waals surface area contributed by atoms with E-state index in [0.717, 1.165) is 73.3 Å². The number of fused-ring (bicyclic) bond motifs is 4. The number of hydrogen-bond donors (Lipinski definition) is 0. The highest BCUT2D eigenvalue weighted by Gasteiger charge is 2.20. The molecule has 0 aliphatic heterocycles. The summed E-state index contributed by atoms with van der Waals surface area (Å²) < 4.78 is 49.5. The van der Waals surface area contributed by atoms with E-state index in [4.69, 9.17) is 28.3 Å². The van der Waals surface area contributed by atoms with Gasteiger partial charge in [-0.1, -0.05) is 11.8 Å².